The number of hydrogen-bond donors (Lipinski definition) is 2. The minimum atomic E-state index is -1.01. The summed E-state index contributed by atoms with van der Waals surface area (Å²) in [6.45, 7) is 3.69. The zero-order valence-electron chi connectivity index (χ0n) is 9.66. The average Bonchev–Trinajstić information content (AvgIpc) is 2.53. The van der Waals surface area contributed by atoms with Crippen LogP contribution in [-0.4, -0.2) is 30.8 Å². The van der Waals surface area contributed by atoms with Gasteiger partial charge in [-0.05, 0) is 13.0 Å². The van der Waals surface area contributed by atoms with Gasteiger partial charge in [-0.2, -0.15) is 0 Å². The van der Waals surface area contributed by atoms with Gasteiger partial charge in [-0.25, -0.2) is 4.79 Å². The number of aromatic carboxylic acids is 1. The maximum Gasteiger partial charge on any atom is 0.339 e. The summed E-state index contributed by atoms with van der Waals surface area (Å²) in [7, 11) is 0. The van der Waals surface area contributed by atoms with Crippen molar-refractivity contribution in [1.82, 2.24) is 0 Å². The third kappa shape index (κ3) is 2.43. The third-order valence-electron chi connectivity index (χ3n) is 2.46. The van der Waals surface area contributed by atoms with Crippen LogP contribution in [0.3, 0.4) is 0 Å². The van der Waals surface area contributed by atoms with E-state index in [1.807, 2.05) is 6.92 Å². The van der Waals surface area contributed by atoms with Crippen LogP contribution >= 0.6 is 0 Å². The Morgan fingerprint density at radius 2 is 2.18 bits per heavy atom. The predicted molar refractivity (Wildman–Crippen MR) is 63.2 cm³/mol. The zero-order valence-corrected chi connectivity index (χ0v) is 9.66. The number of anilines is 1. The number of nitrogens with one attached hydrogen (secondary N) is 1. The molecule has 0 saturated carbocycles. The molecule has 0 aliphatic carbocycles. The Morgan fingerprint density at radius 1 is 1.41 bits per heavy atom. The second-order valence-corrected chi connectivity index (χ2v) is 3.74. The first-order valence-electron chi connectivity index (χ1n) is 5.63. The molecular weight excluding hydrogens is 222 g/mol. The molecule has 0 aromatic heterocycles. The lowest BCUT2D eigenvalue weighted by atomic mass is 10.1. The van der Waals surface area contributed by atoms with Crippen LogP contribution < -0.4 is 14.8 Å². The van der Waals surface area contributed by atoms with E-state index in [-0.39, 0.29) is 5.56 Å². The van der Waals surface area contributed by atoms with Gasteiger partial charge in [-0.3, -0.25) is 0 Å². The molecule has 5 nitrogen and oxygen atoms in total. The Kier molecular flexibility index (Phi) is 3.37. The summed E-state index contributed by atoms with van der Waals surface area (Å²) in [5, 5.41) is 12.2. The van der Waals surface area contributed by atoms with Crippen LogP contribution in [0.25, 0.3) is 0 Å². The summed E-state index contributed by atoms with van der Waals surface area (Å²) in [5.74, 6) is -0.179. The molecule has 1 aliphatic heterocycles. The normalized spacial score (nSPS) is 13.9. The number of fused-ring (bicyclic) bond motifs is 1. The van der Waals surface area contributed by atoms with Gasteiger partial charge in [0.1, 0.15) is 5.56 Å². The molecule has 0 bridgehead atoms. The second-order valence-electron chi connectivity index (χ2n) is 3.74. The van der Waals surface area contributed by atoms with Crippen molar-refractivity contribution in [2.24, 2.45) is 0 Å². The lowest BCUT2D eigenvalue weighted by Crippen LogP contribution is -2.05. The van der Waals surface area contributed by atoms with Gasteiger partial charge in [0.15, 0.2) is 11.5 Å². The molecule has 0 saturated heterocycles. The van der Waals surface area contributed by atoms with Gasteiger partial charge in [0.25, 0.3) is 0 Å². The number of benzene rings is 1. The van der Waals surface area contributed by atoms with Crippen LogP contribution in [0.15, 0.2) is 12.1 Å². The van der Waals surface area contributed by atoms with E-state index < -0.39 is 5.97 Å². The molecule has 1 heterocycles. The Balaban J connectivity index is 2.47. The Bertz CT molecular complexity index is 431. The van der Waals surface area contributed by atoms with Crippen molar-refractivity contribution in [2.75, 3.05) is 25.1 Å². The van der Waals surface area contributed by atoms with E-state index in [0.717, 1.165) is 18.7 Å². The highest BCUT2D eigenvalue weighted by atomic mass is 16.5. The van der Waals surface area contributed by atoms with Crippen LogP contribution in [0.5, 0.6) is 11.5 Å². The first-order valence-corrected chi connectivity index (χ1v) is 5.63. The van der Waals surface area contributed by atoms with Crippen LogP contribution in [0.4, 0.5) is 5.69 Å². The number of hydrogen-bond acceptors (Lipinski definition) is 4. The molecule has 0 atom stereocenters. The molecule has 2 rings (SSSR count). The molecular formula is C12H15NO4. The second kappa shape index (κ2) is 4.95. The van der Waals surface area contributed by atoms with Crippen molar-refractivity contribution in [3.05, 3.63) is 17.7 Å². The maximum absolute atomic E-state index is 11.2. The number of rotatable bonds is 3. The lowest BCUT2D eigenvalue weighted by Gasteiger charge is -2.13. The minimum absolute atomic E-state index is 0.139. The lowest BCUT2D eigenvalue weighted by molar-refractivity contribution is 0.0692. The molecule has 1 aromatic carbocycles. The van der Waals surface area contributed by atoms with Crippen LogP contribution in [0.2, 0.25) is 0 Å². The Hall–Kier alpha value is -1.91. The van der Waals surface area contributed by atoms with Crippen molar-refractivity contribution in [1.29, 1.82) is 0 Å². The Morgan fingerprint density at radius 3 is 2.88 bits per heavy atom. The van der Waals surface area contributed by atoms with Gasteiger partial charge in [-0.1, -0.05) is 0 Å². The zero-order chi connectivity index (χ0) is 12.3. The summed E-state index contributed by atoms with van der Waals surface area (Å²) in [6, 6.07) is 3.34. The molecule has 0 amide bonds. The van der Waals surface area contributed by atoms with Gasteiger partial charge in [-0.15, -0.1) is 0 Å². The van der Waals surface area contributed by atoms with E-state index in [1.54, 1.807) is 12.1 Å². The fraction of sp³-hybridized carbons (Fsp3) is 0.417. The minimum Gasteiger partial charge on any atom is -0.489 e. The fourth-order valence-electron chi connectivity index (χ4n) is 1.74. The smallest absolute Gasteiger partial charge is 0.339 e. The SMILES string of the molecule is CCNc1cc2c(c(C(=O)O)c1)OCCCO2. The van der Waals surface area contributed by atoms with E-state index >= 15 is 0 Å². The molecule has 17 heavy (non-hydrogen) atoms. The van der Waals surface area contributed by atoms with Crippen LogP contribution in [-0.2, 0) is 0 Å². The summed E-state index contributed by atoms with van der Waals surface area (Å²) >= 11 is 0. The highest BCUT2D eigenvalue weighted by Crippen LogP contribution is 2.36. The van der Waals surface area contributed by atoms with E-state index in [2.05, 4.69) is 5.32 Å². The average molecular weight is 237 g/mol. The van der Waals surface area contributed by atoms with Crippen molar-refractivity contribution < 1.29 is 19.4 Å². The molecule has 1 aliphatic rings. The number of ether oxygens (including phenoxy) is 2. The first kappa shape index (κ1) is 11.6. The third-order valence-corrected chi connectivity index (χ3v) is 2.46. The largest absolute Gasteiger partial charge is 0.489 e. The maximum atomic E-state index is 11.2. The van der Waals surface area contributed by atoms with Crippen molar-refractivity contribution >= 4 is 11.7 Å². The molecule has 0 unspecified atom stereocenters. The predicted octanol–water partition coefficient (Wildman–Crippen LogP) is 1.98. The van der Waals surface area contributed by atoms with Crippen molar-refractivity contribution in [3.63, 3.8) is 0 Å². The summed E-state index contributed by atoms with van der Waals surface area (Å²) in [5.41, 5.74) is 0.870. The molecule has 0 fully saturated rings. The topological polar surface area (TPSA) is 67.8 Å². The number of carbonyl (C=O) groups is 1. The van der Waals surface area contributed by atoms with Gasteiger partial charge in [0, 0.05) is 24.7 Å². The number of carboxylic acid groups (broad SMARTS) is 1. The quantitative estimate of drug-likeness (QED) is 0.841. The van der Waals surface area contributed by atoms with Gasteiger partial charge in [0.2, 0.25) is 0 Å². The highest BCUT2D eigenvalue weighted by molar-refractivity contribution is 5.93. The van der Waals surface area contributed by atoms with E-state index in [1.165, 1.54) is 0 Å². The first-order chi connectivity index (χ1) is 8.22. The molecule has 2 N–H and O–H groups in total. The molecule has 0 radical (unpaired) electrons. The van der Waals surface area contributed by atoms with Gasteiger partial charge >= 0.3 is 5.97 Å². The monoisotopic (exact) mass is 237 g/mol. The fourth-order valence-corrected chi connectivity index (χ4v) is 1.74. The van der Waals surface area contributed by atoms with Gasteiger partial charge in [0.05, 0.1) is 13.2 Å². The summed E-state index contributed by atoms with van der Waals surface area (Å²) in [6.07, 6.45) is 0.754. The van der Waals surface area contributed by atoms with E-state index in [9.17, 15) is 4.79 Å². The van der Waals surface area contributed by atoms with Crippen molar-refractivity contribution in [2.45, 2.75) is 13.3 Å². The van der Waals surface area contributed by atoms with Crippen molar-refractivity contribution in [3.8, 4) is 11.5 Å². The molecule has 1 aromatic rings. The molecule has 92 valence electrons. The Labute approximate surface area is 99.3 Å². The molecule has 5 heteroatoms. The van der Waals surface area contributed by atoms with Crippen LogP contribution in [0.1, 0.15) is 23.7 Å². The summed E-state index contributed by atoms with van der Waals surface area (Å²) < 4.78 is 10.9. The van der Waals surface area contributed by atoms with Crippen LogP contribution in [0, 0.1) is 0 Å². The van der Waals surface area contributed by atoms with E-state index in [4.69, 9.17) is 14.6 Å². The van der Waals surface area contributed by atoms with Gasteiger partial charge < -0.3 is 19.9 Å². The standard InChI is InChI=1S/C12H15NO4/c1-2-13-8-6-9(12(14)15)11-10(7-8)16-4-3-5-17-11/h6-7,13H,2-5H2,1H3,(H,14,15). The number of carboxylic acids is 1. The highest BCUT2D eigenvalue weighted by Gasteiger charge is 2.20. The molecule has 0 spiro atoms. The van der Waals surface area contributed by atoms with E-state index in [0.29, 0.717) is 24.7 Å². The summed E-state index contributed by atoms with van der Waals surface area (Å²) in [4.78, 5) is 11.2.